The summed E-state index contributed by atoms with van der Waals surface area (Å²) in [5.41, 5.74) is 0. The van der Waals surface area contributed by atoms with Gasteiger partial charge in [-0.15, -0.1) is 0 Å². The van der Waals surface area contributed by atoms with Crippen molar-refractivity contribution in [3.63, 3.8) is 0 Å². The minimum absolute atomic E-state index is 0.0283. The zero-order valence-corrected chi connectivity index (χ0v) is 35.8. The highest BCUT2D eigenvalue weighted by atomic mass is 16.4. The van der Waals surface area contributed by atoms with Crippen molar-refractivity contribution in [2.24, 2.45) is 0 Å². The van der Waals surface area contributed by atoms with Gasteiger partial charge in [-0.05, 0) is 34.4 Å². The number of aliphatic carboxylic acids is 1. The fourth-order valence-corrected chi connectivity index (χ4v) is 3.63. The first-order valence-corrected chi connectivity index (χ1v) is 17.7. The molecular weight excluding hydrogens is 736 g/mol. The van der Waals surface area contributed by atoms with Gasteiger partial charge in [-0.1, -0.05) is 6.92 Å². The maximum absolute atomic E-state index is 12.2. The van der Waals surface area contributed by atoms with Gasteiger partial charge in [0.15, 0.2) is 0 Å². The maximum Gasteiger partial charge on any atom is 0.323 e. The van der Waals surface area contributed by atoms with E-state index < -0.39 is 36.1 Å². The van der Waals surface area contributed by atoms with Crippen LogP contribution in [0.25, 0.3) is 0 Å². The van der Waals surface area contributed by atoms with Crippen molar-refractivity contribution in [1.82, 2.24) is 49.0 Å². The number of nitrogens with zero attached hydrogens (tertiary/aromatic N) is 10. The zero-order chi connectivity index (χ0) is 44.5. The van der Waals surface area contributed by atoms with E-state index in [4.69, 9.17) is 5.11 Å². The van der Waals surface area contributed by atoms with Crippen molar-refractivity contribution in [1.29, 1.82) is 0 Å². The number of hydrogen-bond acceptors (Lipinski definition) is 11. The Labute approximate surface area is 331 Å². The van der Waals surface area contributed by atoms with Crippen molar-refractivity contribution in [2.45, 2.75) is 33.7 Å². The van der Waals surface area contributed by atoms with Crippen LogP contribution in [-0.4, -0.2) is 256 Å². The first-order valence-electron chi connectivity index (χ1n) is 17.7. The van der Waals surface area contributed by atoms with Crippen LogP contribution in [0.1, 0.15) is 27.7 Å². The second-order valence-corrected chi connectivity index (χ2v) is 13.5. The third kappa shape index (κ3) is 24.9. The lowest BCUT2D eigenvalue weighted by atomic mass is 10.3. The van der Waals surface area contributed by atoms with Crippen molar-refractivity contribution in [3.05, 3.63) is 0 Å². The molecule has 56 heavy (non-hydrogen) atoms. The Morgan fingerprint density at radius 1 is 0.411 bits per heavy atom. The van der Waals surface area contributed by atoms with Gasteiger partial charge in [-0.3, -0.25) is 47.9 Å². The lowest BCUT2D eigenvalue weighted by Gasteiger charge is -2.25. The molecular formula is C35H66N10O11. The minimum Gasteiger partial charge on any atom is -0.480 e. The van der Waals surface area contributed by atoms with E-state index in [0.29, 0.717) is 25.4 Å². The molecule has 1 N–H and O–H groups in total. The summed E-state index contributed by atoms with van der Waals surface area (Å²) in [7, 11) is 15.1. The summed E-state index contributed by atoms with van der Waals surface area (Å²) in [5, 5.41) is 8.66. The van der Waals surface area contributed by atoms with Gasteiger partial charge in [0.05, 0.1) is 45.8 Å². The second kappa shape index (κ2) is 29.0. The Kier molecular flexibility index (Phi) is 28.5. The fourth-order valence-electron chi connectivity index (χ4n) is 3.63. The topological polar surface area (TPSA) is 223 Å². The van der Waals surface area contributed by atoms with E-state index >= 15 is 0 Å². The van der Waals surface area contributed by atoms with Gasteiger partial charge in [-0.25, -0.2) is 0 Å². The number of hydrogen-bond donors (Lipinski definition) is 1. The predicted octanol–water partition coefficient (Wildman–Crippen LogP) is -3.19. The SMILES string of the molecule is CCN(C)C(=O)CN(C)C(=O)CN(C)C(=O)CN(C)C=O.CCN(C)C(C)C.CN(C=O)CC(=O)N(C)CC(=O)N(C)CC(=O)N(C)CC(=O)N(C)CC(=O)O. The molecule has 0 aliphatic heterocycles. The van der Waals surface area contributed by atoms with Crippen LogP contribution in [0.4, 0.5) is 0 Å². The maximum atomic E-state index is 12.2. The van der Waals surface area contributed by atoms with Crippen LogP contribution in [-0.2, 0) is 47.9 Å². The van der Waals surface area contributed by atoms with Crippen molar-refractivity contribution in [2.75, 3.05) is 136 Å². The summed E-state index contributed by atoms with van der Waals surface area (Å²) in [6.07, 6.45) is 1.03. The number of carbonyl (C=O) groups is 10. The summed E-state index contributed by atoms with van der Waals surface area (Å²) in [5.74, 6) is -4.04. The number of rotatable bonds is 21. The van der Waals surface area contributed by atoms with Crippen molar-refractivity contribution >= 4 is 60.1 Å². The zero-order valence-electron chi connectivity index (χ0n) is 35.8. The van der Waals surface area contributed by atoms with E-state index in [0.717, 1.165) is 31.0 Å². The second-order valence-electron chi connectivity index (χ2n) is 13.5. The van der Waals surface area contributed by atoms with Crippen LogP contribution in [0, 0.1) is 0 Å². The molecule has 9 amide bonds. The molecule has 0 saturated heterocycles. The molecule has 322 valence electrons. The molecule has 0 aromatic carbocycles. The van der Waals surface area contributed by atoms with E-state index in [1.54, 1.807) is 7.05 Å². The van der Waals surface area contributed by atoms with Crippen LogP contribution in [0.3, 0.4) is 0 Å². The van der Waals surface area contributed by atoms with E-state index in [2.05, 4.69) is 32.7 Å². The van der Waals surface area contributed by atoms with E-state index in [1.807, 2.05) is 6.92 Å². The van der Waals surface area contributed by atoms with E-state index in [-0.39, 0.29) is 63.5 Å². The molecule has 0 unspecified atom stereocenters. The fraction of sp³-hybridized carbons (Fsp3) is 0.714. The quantitative estimate of drug-likeness (QED) is 0.114. The Morgan fingerprint density at radius 2 is 0.643 bits per heavy atom. The number of carbonyl (C=O) groups excluding carboxylic acids is 9. The first kappa shape index (κ1) is 55.0. The number of carboxylic acids is 1. The Morgan fingerprint density at radius 3 is 0.821 bits per heavy atom. The molecule has 0 aliphatic carbocycles. The number of amides is 9. The highest BCUT2D eigenvalue weighted by Gasteiger charge is 2.23. The van der Waals surface area contributed by atoms with Crippen molar-refractivity contribution < 1.29 is 53.1 Å². The van der Waals surface area contributed by atoms with Gasteiger partial charge in [-0.2, -0.15) is 0 Å². The van der Waals surface area contributed by atoms with Gasteiger partial charge >= 0.3 is 5.97 Å². The van der Waals surface area contributed by atoms with Crippen LogP contribution < -0.4 is 0 Å². The lowest BCUT2D eigenvalue weighted by molar-refractivity contribution is -0.146. The van der Waals surface area contributed by atoms with Gasteiger partial charge in [0.2, 0.25) is 54.2 Å². The highest BCUT2D eigenvalue weighted by Crippen LogP contribution is 1.98. The van der Waals surface area contributed by atoms with E-state index in [9.17, 15) is 47.9 Å². The first-order chi connectivity index (χ1) is 25.8. The highest BCUT2D eigenvalue weighted by molar-refractivity contribution is 5.91. The van der Waals surface area contributed by atoms with Crippen LogP contribution in [0.5, 0.6) is 0 Å². The number of carboxylic acid groups (broad SMARTS) is 1. The summed E-state index contributed by atoms with van der Waals surface area (Å²) in [4.78, 5) is 128. The monoisotopic (exact) mass is 802 g/mol. The molecule has 0 bridgehead atoms. The molecule has 0 spiro atoms. The van der Waals surface area contributed by atoms with Gasteiger partial charge in [0.1, 0.15) is 6.54 Å². The van der Waals surface area contributed by atoms with E-state index in [1.165, 1.54) is 76.0 Å². The molecule has 0 radical (unpaired) electrons. The Bertz CT molecular complexity index is 1320. The van der Waals surface area contributed by atoms with Gasteiger partial charge in [0.25, 0.3) is 0 Å². The molecule has 0 atom stereocenters. The minimum atomic E-state index is -1.17. The van der Waals surface area contributed by atoms with Crippen LogP contribution in [0.2, 0.25) is 0 Å². The summed E-state index contributed by atoms with van der Waals surface area (Å²) < 4.78 is 0. The average Bonchev–Trinajstić information content (AvgIpc) is 3.13. The molecule has 0 fully saturated rings. The lowest BCUT2D eigenvalue weighted by Crippen LogP contribution is -2.47. The molecule has 0 aliphatic rings. The van der Waals surface area contributed by atoms with Crippen LogP contribution >= 0.6 is 0 Å². The number of likely N-dealkylation sites (N-methyl/N-ethyl adjacent to an activating group) is 9. The molecule has 0 aromatic rings. The molecule has 0 rings (SSSR count). The normalized spacial score (nSPS) is 10.0. The molecule has 21 nitrogen and oxygen atoms in total. The Hall–Kier alpha value is -5.34. The van der Waals surface area contributed by atoms with Gasteiger partial charge in [0, 0.05) is 76.0 Å². The molecule has 21 heteroatoms. The average molecular weight is 803 g/mol. The molecule has 0 saturated carbocycles. The molecule has 0 heterocycles. The third-order valence-corrected chi connectivity index (χ3v) is 8.20. The summed E-state index contributed by atoms with van der Waals surface area (Å²) >= 11 is 0. The Balaban J connectivity index is -0.000000879. The smallest absolute Gasteiger partial charge is 0.323 e. The van der Waals surface area contributed by atoms with Crippen LogP contribution in [0.15, 0.2) is 0 Å². The summed E-state index contributed by atoms with van der Waals surface area (Å²) in [6, 6.07) is 0.699. The predicted molar refractivity (Wildman–Crippen MR) is 208 cm³/mol. The van der Waals surface area contributed by atoms with Crippen molar-refractivity contribution in [3.8, 4) is 0 Å². The van der Waals surface area contributed by atoms with Gasteiger partial charge < -0.3 is 54.1 Å². The molecule has 0 aromatic heterocycles. The largest absolute Gasteiger partial charge is 0.480 e. The third-order valence-electron chi connectivity index (χ3n) is 8.20. The summed E-state index contributed by atoms with van der Waals surface area (Å²) in [6.45, 7) is 8.28. The standard InChI is InChI=1S/C16H27N5O7.C13H24N4O4.C6H15N/c1-17(11-22)6-12(23)18(2)7-13(24)19(3)8-14(25)20(4)9-15(26)21(5)10-16(27)28;1-6-15(3)12(20)8-17(5)13(21)9-16(4)11(19)7-14(2)10-18;1-5-7(4)6(2)3/h11H,6-10H2,1-5H3,(H,27,28);10H,6-9H2,1-5H3;6H,5H2,1-4H3.